The maximum absolute atomic E-state index is 12.6. The number of hydrogen-bond donors (Lipinski definition) is 1. The van der Waals surface area contributed by atoms with Crippen molar-refractivity contribution in [3.8, 4) is 5.75 Å². The average molecular weight is 380 g/mol. The predicted molar refractivity (Wildman–Crippen MR) is 75.0 cm³/mol. The summed E-state index contributed by atoms with van der Waals surface area (Å²) in [5.74, 6) is -0.464. The molecule has 0 bridgehead atoms. The molecule has 1 aliphatic heterocycles. The van der Waals surface area contributed by atoms with E-state index in [1.807, 2.05) is 0 Å². The van der Waals surface area contributed by atoms with Gasteiger partial charge >= 0.3 is 68.9 Å². The van der Waals surface area contributed by atoms with Crippen molar-refractivity contribution in [1.82, 2.24) is 5.32 Å². The van der Waals surface area contributed by atoms with Crippen LogP contribution in [0.2, 0.25) is 0 Å². The van der Waals surface area contributed by atoms with Gasteiger partial charge in [0.1, 0.15) is 5.75 Å². The van der Waals surface area contributed by atoms with Crippen LogP contribution in [0, 0.1) is 0 Å². The summed E-state index contributed by atoms with van der Waals surface area (Å²) < 4.78 is 75.6. The van der Waals surface area contributed by atoms with Crippen LogP contribution in [-0.2, 0) is 16.8 Å². The summed E-state index contributed by atoms with van der Waals surface area (Å²) in [5.41, 5.74) is 0.208. The van der Waals surface area contributed by atoms with Gasteiger partial charge in [0.2, 0.25) is 0 Å². The van der Waals surface area contributed by atoms with Gasteiger partial charge in [-0.15, -0.1) is 0 Å². The van der Waals surface area contributed by atoms with Gasteiger partial charge in [0, 0.05) is 37.9 Å². The van der Waals surface area contributed by atoms with Crippen molar-refractivity contribution < 1.29 is 80.8 Å². The van der Waals surface area contributed by atoms with Crippen molar-refractivity contribution in [2.45, 2.75) is 6.32 Å². The number of rotatable bonds is 5. The predicted octanol–water partition coefficient (Wildman–Crippen LogP) is -1.38. The summed E-state index contributed by atoms with van der Waals surface area (Å²) >= 11 is 0. The van der Waals surface area contributed by atoms with Crippen molar-refractivity contribution in [2.75, 3.05) is 31.1 Å². The molecule has 0 saturated carbocycles. The van der Waals surface area contributed by atoms with Crippen LogP contribution in [0.3, 0.4) is 0 Å². The maximum Gasteiger partial charge on any atom is 1.00 e. The van der Waals surface area contributed by atoms with Gasteiger partial charge in [-0.3, -0.25) is 0 Å². The van der Waals surface area contributed by atoms with Gasteiger partial charge in [-0.05, 0) is 12.1 Å². The van der Waals surface area contributed by atoms with Crippen LogP contribution >= 0.6 is 0 Å². The molecule has 1 aromatic rings. The molecule has 1 aromatic carbocycles. The molecular weight excluding hydrogens is 366 g/mol. The number of nitrogens with one attached hydrogen (secondary N) is 1. The summed E-state index contributed by atoms with van der Waals surface area (Å²) in [4.78, 5) is 1.78. The summed E-state index contributed by atoms with van der Waals surface area (Å²) in [5, 5.41) is 3.08. The summed E-state index contributed by atoms with van der Waals surface area (Å²) in [6, 6.07) is 3.42. The molecule has 1 heterocycles. The second-order valence-electron chi connectivity index (χ2n) is 4.96. The monoisotopic (exact) mass is 380 g/mol. The van der Waals surface area contributed by atoms with Crippen molar-refractivity contribution in [1.29, 1.82) is 0 Å². The Kier molecular flexibility index (Phi) is 7.83. The molecule has 0 atom stereocenters. The minimum absolute atomic E-state index is 0. The number of halogens is 4. The fourth-order valence-electron chi connectivity index (χ4n) is 2.30. The quantitative estimate of drug-likeness (QED) is 0.388. The Labute approximate surface area is 174 Å². The standard InChI is InChI=1S/C11H14BF4N2O3S.K/c13-12(14,15)8-9-5-10(18-3-1-17-2-4-18)7-11(6-9)21-22(16,19)20;/h5-7,17H,1-4,8H2;/q-1;+1. The molecule has 12 heteroatoms. The fourth-order valence-corrected chi connectivity index (χ4v) is 2.62. The SMILES string of the molecule is O=S(=O)(F)Oc1cc(C[B-](F)(F)F)cc(N2CCNCC2)c1.[K+]. The van der Waals surface area contributed by atoms with E-state index in [2.05, 4.69) is 9.50 Å². The zero-order chi connectivity index (χ0) is 16.4. The zero-order valence-corrected chi connectivity index (χ0v) is 16.4. The minimum atomic E-state index is -5.29. The summed E-state index contributed by atoms with van der Waals surface area (Å²) in [6.07, 6.45) is -1.19. The third-order valence-electron chi connectivity index (χ3n) is 3.10. The van der Waals surface area contributed by atoms with E-state index in [0.29, 0.717) is 31.9 Å². The molecule has 0 amide bonds. The first kappa shape index (κ1) is 21.2. The third-order valence-corrected chi connectivity index (χ3v) is 3.49. The molecule has 0 spiro atoms. The Hall–Kier alpha value is 0.151. The van der Waals surface area contributed by atoms with Gasteiger partial charge in [0.05, 0.1) is 0 Å². The molecule has 1 fully saturated rings. The van der Waals surface area contributed by atoms with E-state index in [0.717, 1.165) is 6.07 Å². The molecule has 0 unspecified atom stereocenters. The van der Waals surface area contributed by atoms with Crippen molar-refractivity contribution in [3.63, 3.8) is 0 Å². The van der Waals surface area contributed by atoms with E-state index in [-0.39, 0.29) is 56.9 Å². The van der Waals surface area contributed by atoms with Gasteiger partial charge < -0.3 is 27.3 Å². The number of nitrogens with zero attached hydrogens (tertiary/aromatic N) is 1. The third kappa shape index (κ3) is 7.71. The van der Waals surface area contributed by atoms with E-state index in [4.69, 9.17) is 0 Å². The van der Waals surface area contributed by atoms with Crippen LogP contribution in [0.4, 0.5) is 22.5 Å². The number of anilines is 1. The Bertz CT molecular complexity index is 639. The van der Waals surface area contributed by atoms with Gasteiger partial charge in [-0.2, -0.15) is 8.42 Å². The molecule has 1 N–H and O–H groups in total. The van der Waals surface area contributed by atoms with Gasteiger partial charge in [0.25, 0.3) is 0 Å². The number of benzene rings is 1. The van der Waals surface area contributed by atoms with E-state index in [9.17, 15) is 25.3 Å². The van der Waals surface area contributed by atoms with E-state index in [1.54, 1.807) is 4.90 Å². The minimum Gasteiger partial charge on any atom is -0.449 e. The Morgan fingerprint density at radius 2 is 1.78 bits per heavy atom. The summed E-state index contributed by atoms with van der Waals surface area (Å²) in [6.45, 7) is -2.73. The molecular formula is C11H14BF4KN2O3S. The van der Waals surface area contributed by atoms with Gasteiger partial charge in [-0.25, -0.2) is 0 Å². The molecule has 1 saturated heterocycles. The largest absolute Gasteiger partial charge is 1.00 e. The van der Waals surface area contributed by atoms with Crippen LogP contribution in [0.25, 0.3) is 0 Å². The first-order valence-electron chi connectivity index (χ1n) is 6.57. The fraction of sp³-hybridized carbons (Fsp3) is 0.455. The normalized spacial score (nSPS) is 15.9. The van der Waals surface area contributed by atoms with E-state index < -0.39 is 29.6 Å². The Balaban J connectivity index is 0.00000264. The first-order valence-corrected chi connectivity index (χ1v) is 7.88. The van der Waals surface area contributed by atoms with E-state index >= 15 is 0 Å². The maximum atomic E-state index is 12.6. The number of hydrogen-bond acceptors (Lipinski definition) is 5. The van der Waals surface area contributed by atoms with Crippen LogP contribution in [0.1, 0.15) is 5.56 Å². The first-order chi connectivity index (χ1) is 10.1. The van der Waals surface area contributed by atoms with Crippen molar-refractivity contribution in [2.24, 2.45) is 0 Å². The molecule has 0 aromatic heterocycles. The van der Waals surface area contributed by atoms with Gasteiger partial charge in [0.15, 0.2) is 0 Å². The van der Waals surface area contributed by atoms with E-state index in [1.165, 1.54) is 12.1 Å². The van der Waals surface area contributed by atoms with Gasteiger partial charge in [-0.1, -0.05) is 15.8 Å². The zero-order valence-electron chi connectivity index (χ0n) is 12.4. The van der Waals surface area contributed by atoms with Crippen molar-refractivity contribution >= 4 is 23.2 Å². The molecule has 23 heavy (non-hydrogen) atoms. The van der Waals surface area contributed by atoms with Crippen LogP contribution < -0.4 is 65.8 Å². The van der Waals surface area contributed by atoms with Crippen LogP contribution in [0.15, 0.2) is 18.2 Å². The van der Waals surface area contributed by atoms with Crippen LogP contribution in [0.5, 0.6) is 5.75 Å². The Morgan fingerprint density at radius 1 is 1.17 bits per heavy atom. The Morgan fingerprint density at radius 3 is 2.30 bits per heavy atom. The molecule has 2 rings (SSSR count). The van der Waals surface area contributed by atoms with Crippen molar-refractivity contribution in [3.05, 3.63) is 23.8 Å². The second-order valence-corrected chi connectivity index (χ2v) is 5.92. The topological polar surface area (TPSA) is 58.6 Å². The molecule has 1 aliphatic rings. The van der Waals surface area contributed by atoms with Crippen LogP contribution in [-0.4, -0.2) is 41.6 Å². The summed E-state index contributed by atoms with van der Waals surface area (Å²) in [7, 11) is -5.29. The molecule has 0 aliphatic carbocycles. The molecule has 124 valence electrons. The molecule has 5 nitrogen and oxygen atoms in total. The smallest absolute Gasteiger partial charge is 0.449 e. The number of piperazine rings is 1. The molecule has 0 radical (unpaired) electrons. The second kappa shape index (κ2) is 8.50. The average Bonchev–Trinajstić information content (AvgIpc) is 2.35.